The van der Waals surface area contributed by atoms with Crippen LogP contribution in [0.5, 0.6) is 5.75 Å². The molecule has 0 spiro atoms. The monoisotopic (exact) mass is 218 g/mol. The molecule has 0 fully saturated rings. The fourth-order valence-electron chi connectivity index (χ4n) is 1.30. The summed E-state index contributed by atoms with van der Waals surface area (Å²) in [7, 11) is 1.61. The minimum atomic E-state index is 0.0447. The molecule has 0 aliphatic carbocycles. The molecule has 86 valence electrons. The van der Waals surface area contributed by atoms with Gasteiger partial charge in [0.05, 0.1) is 7.11 Å². The van der Waals surface area contributed by atoms with Gasteiger partial charge in [0, 0.05) is 5.56 Å². The third kappa shape index (κ3) is 3.89. The van der Waals surface area contributed by atoms with Gasteiger partial charge in [-0.25, -0.2) is 0 Å². The summed E-state index contributed by atoms with van der Waals surface area (Å²) >= 11 is 0. The van der Waals surface area contributed by atoms with Crippen molar-refractivity contribution in [2.45, 2.75) is 20.3 Å². The predicted octanol–water partition coefficient (Wildman–Crippen LogP) is 3.48. The zero-order valence-corrected chi connectivity index (χ0v) is 10.1. The second-order valence-electron chi connectivity index (χ2n) is 4.12. The summed E-state index contributed by atoms with van der Waals surface area (Å²) in [6, 6.07) is 7.15. The van der Waals surface area contributed by atoms with Crippen molar-refractivity contribution in [3.05, 3.63) is 42.0 Å². The minimum absolute atomic E-state index is 0.0447. The number of ketones is 1. The van der Waals surface area contributed by atoms with Crippen molar-refractivity contribution < 1.29 is 9.53 Å². The van der Waals surface area contributed by atoms with Crippen LogP contribution in [-0.2, 0) is 0 Å². The summed E-state index contributed by atoms with van der Waals surface area (Å²) in [5.41, 5.74) is 0.695. The molecule has 16 heavy (non-hydrogen) atoms. The number of hydrogen-bond donors (Lipinski definition) is 0. The second kappa shape index (κ2) is 6.11. The van der Waals surface area contributed by atoms with Crippen LogP contribution in [0.4, 0.5) is 0 Å². The highest BCUT2D eigenvalue weighted by Gasteiger charge is 2.01. The van der Waals surface area contributed by atoms with E-state index in [2.05, 4.69) is 13.8 Å². The van der Waals surface area contributed by atoms with Crippen LogP contribution < -0.4 is 4.74 Å². The molecule has 0 unspecified atom stereocenters. The van der Waals surface area contributed by atoms with E-state index in [1.807, 2.05) is 6.08 Å². The summed E-state index contributed by atoms with van der Waals surface area (Å²) in [4.78, 5) is 11.7. The summed E-state index contributed by atoms with van der Waals surface area (Å²) in [5, 5.41) is 0. The predicted molar refractivity (Wildman–Crippen MR) is 65.9 cm³/mol. The molecule has 2 nitrogen and oxygen atoms in total. The molecule has 0 atom stereocenters. The van der Waals surface area contributed by atoms with E-state index in [9.17, 15) is 4.79 Å². The van der Waals surface area contributed by atoms with Gasteiger partial charge in [0.1, 0.15) is 5.75 Å². The molecule has 0 radical (unpaired) electrons. The zero-order chi connectivity index (χ0) is 12.0. The number of allylic oxidation sites excluding steroid dienone is 2. The molecule has 0 aliphatic heterocycles. The highest BCUT2D eigenvalue weighted by Crippen LogP contribution is 2.12. The lowest BCUT2D eigenvalue weighted by atomic mass is 10.1. The van der Waals surface area contributed by atoms with Crippen molar-refractivity contribution >= 4 is 5.78 Å². The van der Waals surface area contributed by atoms with Crippen LogP contribution in [-0.4, -0.2) is 12.9 Å². The third-order valence-electron chi connectivity index (χ3n) is 2.25. The molecule has 0 N–H and O–H groups in total. The lowest BCUT2D eigenvalue weighted by Crippen LogP contribution is -1.94. The number of methoxy groups -OCH3 is 1. The Morgan fingerprint density at radius 2 is 1.94 bits per heavy atom. The fourth-order valence-corrected chi connectivity index (χ4v) is 1.30. The van der Waals surface area contributed by atoms with E-state index >= 15 is 0 Å². The van der Waals surface area contributed by atoms with E-state index in [0.29, 0.717) is 11.5 Å². The first-order valence-corrected chi connectivity index (χ1v) is 5.48. The van der Waals surface area contributed by atoms with Crippen LogP contribution in [0.3, 0.4) is 0 Å². The minimum Gasteiger partial charge on any atom is -0.497 e. The molecule has 1 rings (SSSR count). The summed E-state index contributed by atoms with van der Waals surface area (Å²) in [5.74, 6) is 1.39. The number of benzene rings is 1. The van der Waals surface area contributed by atoms with Crippen molar-refractivity contribution in [2.75, 3.05) is 7.11 Å². The van der Waals surface area contributed by atoms with Gasteiger partial charge < -0.3 is 4.74 Å². The molecule has 2 heteroatoms. The average molecular weight is 218 g/mol. The number of carbonyl (C=O) groups excluding carboxylic acids is 1. The topological polar surface area (TPSA) is 26.3 Å². The summed E-state index contributed by atoms with van der Waals surface area (Å²) in [6.45, 7) is 4.25. The highest BCUT2D eigenvalue weighted by atomic mass is 16.5. The molecule has 0 bridgehead atoms. The molecule has 0 heterocycles. The number of carbonyl (C=O) groups is 1. The van der Waals surface area contributed by atoms with Crippen molar-refractivity contribution in [3.8, 4) is 5.75 Å². The van der Waals surface area contributed by atoms with Crippen LogP contribution in [0, 0.1) is 5.92 Å². The standard InChI is InChI=1S/C14H18O2/c1-11(2)5-4-6-14(15)12-7-9-13(16-3)10-8-12/h4,6-11H,5H2,1-3H3/b6-4+. The molecule has 1 aromatic carbocycles. The fraction of sp³-hybridized carbons (Fsp3) is 0.357. The highest BCUT2D eigenvalue weighted by molar-refractivity contribution is 6.04. The maximum Gasteiger partial charge on any atom is 0.185 e. The van der Waals surface area contributed by atoms with Gasteiger partial charge in [-0.05, 0) is 42.7 Å². The molecule has 0 aliphatic rings. The Bertz CT molecular complexity index is 361. The quantitative estimate of drug-likeness (QED) is 0.558. The Morgan fingerprint density at radius 3 is 2.44 bits per heavy atom. The molecule has 1 aromatic rings. The molecule has 0 amide bonds. The van der Waals surface area contributed by atoms with Crippen LogP contribution in [0.2, 0.25) is 0 Å². The van der Waals surface area contributed by atoms with Gasteiger partial charge in [-0.3, -0.25) is 4.79 Å². The van der Waals surface area contributed by atoms with Crippen molar-refractivity contribution in [1.82, 2.24) is 0 Å². The number of rotatable bonds is 5. The van der Waals surface area contributed by atoms with Gasteiger partial charge in [-0.15, -0.1) is 0 Å². The molecule has 0 saturated heterocycles. The molecular formula is C14H18O2. The first kappa shape index (κ1) is 12.5. The second-order valence-corrected chi connectivity index (χ2v) is 4.12. The largest absolute Gasteiger partial charge is 0.497 e. The van der Waals surface area contributed by atoms with Crippen LogP contribution in [0.25, 0.3) is 0 Å². The van der Waals surface area contributed by atoms with Gasteiger partial charge in [-0.2, -0.15) is 0 Å². The van der Waals surface area contributed by atoms with E-state index in [1.54, 1.807) is 37.5 Å². The molecule has 0 aromatic heterocycles. The molecular weight excluding hydrogens is 200 g/mol. The van der Waals surface area contributed by atoms with Gasteiger partial charge in [-0.1, -0.05) is 19.9 Å². The Morgan fingerprint density at radius 1 is 1.31 bits per heavy atom. The van der Waals surface area contributed by atoms with Crippen molar-refractivity contribution in [1.29, 1.82) is 0 Å². The smallest absolute Gasteiger partial charge is 0.185 e. The van der Waals surface area contributed by atoms with Crippen molar-refractivity contribution in [3.63, 3.8) is 0 Å². The van der Waals surface area contributed by atoms with Crippen molar-refractivity contribution in [2.24, 2.45) is 5.92 Å². The summed E-state index contributed by atoms with van der Waals surface area (Å²) in [6.07, 6.45) is 4.50. The lowest BCUT2D eigenvalue weighted by Gasteiger charge is -2.00. The Labute approximate surface area is 96.9 Å². The Hall–Kier alpha value is -1.57. The van der Waals surface area contributed by atoms with E-state index in [-0.39, 0.29) is 5.78 Å². The van der Waals surface area contributed by atoms with Gasteiger partial charge in [0.25, 0.3) is 0 Å². The van der Waals surface area contributed by atoms with E-state index in [4.69, 9.17) is 4.74 Å². The Kier molecular flexibility index (Phi) is 4.77. The normalized spacial score (nSPS) is 11.0. The lowest BCUT2D eigenvalue weighted by molar-refractivity contribution is 0.104. The first-order chi connectivity index (χ1) is 7.63. The van der Waals surface area contributed by atoms with Crippen LogP contribution in [0.1, 0.15) is 30.6 Å². The van der Waals surface area contributed by atoms with E-state index in [0.717, 1.165) is 12.2 Å². The first-order valence-electron chi connectivity index (χ1n) is 5.48. The number of ether oxygens (including phenoxy) is 1. The van der Waals surface area contributed by atoms with Crippen LogP contribution in [0.15, 0.2) is 36.4 Å². The average Bonchev–Trinajstić information content (AvgIpc) is 2.28. The maximum atomic E-state index is 11.7. The molecule has 0 saturated carbocycles. The number of hydrogen-bond acceptors (Lipinski definition) is 2. The third-order valence-corrected chi connectivity index (χ3v) is 2.25. The van der Waals surface area contributed by atoms with Gasteiger partial charge in [0.15, 0.2) is 5.78 Å². The van der Waals surface area contributed by atoms with E-state index < -0.39 is 0 Å². The van der Waals surface area contributed by atoms with Gasteiger partial charge >= 0.3 is 0 Å². The van der Waals surface area contributed by atoms with Gasteiger partial charge in [0.2, 0.25) is 0 Å². The zero-order valence-electron chi connectivity index (χ0n) is 10.1. The maximum absolute atomic E-state index is 11.7. The SMILES string of the molecule is COc1ccc(C(=O)/C=C/CC(C)C)cc1. The summed E-state index contributed by atoms with van der Waals surface area (Å²) < 4.78 is 5.03. The Balaban J connectivity index is 2.62. The van der Waals surface area contributed by atoms with Crippen LogP contribution >= 0.6 is 0 Å². The van der Waals surface area contributed by atoms with E-state index in [1.165, 1.54) is 0 Å².